The van der Waals surface area contributed by atoms with Gasteiger partial charge in [0.15, 0.2) is 0 Å². The summed E-state index contributed by atoms with van der Waals surface area (Å²) < 4.78 is 5.46. The van der Waals surface area contributed by atoms with Crippen molar-refractivity contribution in [1.82, 2.24) is 5.32 Å². The van der Waals surface area contributed by atoms with Crippen LogP contribution < -0.4 is 11.1 Å². The highest BCUT2D eigenvalue weighted by molar-refractivity contribution is 4.95. The van der Waals surface area contributed by atoms with Crippen molar-refractivity contribution < 1.29 is 9.84 Å². The topological polar surface area (TPSA) is 67.5 Å². The van der Waals surface area contributed by atoms with E-state index in [4.69, 9.17) is 15.6 Å². The fourth-order valence-electron chi connectivity index (χ4n) is 2.69. The van der Waals surface area contributed by atoms with Crippen LogP contribution in [0.2, 0.25) is 0 Å². The van der Waals surface area contributed by atoms with Crippen molar-refractivity contribution in [3.05, 3.63) is 0 Å². The fourth-order valence-corrected chi connectivity index (χ4v) is 2.69. The number of rotatable bonds is 8. The molecule has 0 spiro atoms. The molecule has 1 aliphatic rings. The van der Waals surface area contributed by atoms with E-state index in [0.29, 0.717) is 19.3 Å². The van der Waals surface area contributed by atoms with E-state index in [1.165, 1.54) is 6.42 Å². The Kier molecular flexibility index (Phi) is 7.04. The molecule has 0 amide bonds. The Bertz CT molecular complexity index is 202. The predicted molar refractivity (Wildman–Crippen MR) is 70.0 cm³/mol. The van der Waals surface area contributed by atoms with Gasteiger partial charge in [0.25, 0.3) is 0 Å². The molecule has 1 saturated carbocycles. The Balaban J connectivity index is 2.29. The lowest BCUT2D eigenvalue weighted by Gasteiger charge is -2.40. The lowest BCUT2D eigenvalue weighted by atomic mass is 9.80. The quantitative estimate of drug-likeness (QED) is 0.558. The standard InChI is InChI=1S/C13H28N2O2/c1-17-12-6-5-7-13(10-12,11-14)15-8-3-2-4-9-16/h12,15-16H,2-11,14H2,1H3. The number of nitrogens with two attached hydrogens (primary N) is 1. The van der Waals surface area contributed by atoms with Gasteiger partial charge in [-0.05, 0) is 51.5 Å². The van der Waals surface area contributed by atoms with Gasteiger partial charge in [-0.15, -0.1) is 0 Å². The molecule has 2 atom stereocenters. The summed E-state index contributed by atoms with van der Waals surface area (Å²) >= 11 is 0. The maximum absolute atomic E-state index is 8.72. The molecule has 0 aromatic heterocycles. The summed E-state index contributed by atoms with van der Waals surface area (Å²) in [5.74, 6) is 0. The zero-order valence-electron chi connectivity index (χ0n) is 11.1. The molecule has 1 fully saturated rings. The lowest BCUT2D eigenvalue weighted by Crippen LogP contribution is -2.55. The Morgan fingerprint density at radius 2 is 2.24 bits per heavy atom. The SMILES string of the molecule is COC1CCCC(CN)(NCCCCCO)C1. The zero-order chi connectivity index (χ0) is 12.6. The van der Waals surface area contributed by atoms with Crippen LogP contribution in [0.3, 0.4) is 0 Å². The highest BCUT2D eigenvalue weighted by atomic mass is 16.5. The van der Waals surface area contributed by atoms with Crippen LogP contribution in [0.1, 0.15) is 44.9 Å². The van der Waals surface area contributed by atoms with Gasteiger partial charge in [0.1, 0.15) is 0 Å². The summed E-state index contributed by atoms with van der Waals surface area (Å²) in [6.07, 6.45) is 7.99. The van der Waals surface area contributed by atoms with E-state index in [9.17, 15) is 0 Å². The number of methoxy groups -OCH3 is 1. The number of ether oxygens (including phenoxy) is 1. The molecule has 0 bridgehead atoms. The normalized spacial score (nSPS) is 29.5. The van der Waals surface area contributed by atoms with Gasteiger partial charge in [0, 0.05) is 25.8 Å². The number of aliphatic hydroxyl groups is 1. The monoisotopic (exact) mass is 244 g/mol. The molecule has 4 heteroatoms. The molecule has 0 aromatic rings. The van der Waals surface area contributed by atoms with E-state index in [-0.39, 0.29) is 5.54 Å². The van der Waals surface area contributed by atoms with Crippen LogP contribution in [-0.2, 0) is 4.74 Å². The van der Waals surface area contributed by atoms with Gasteiger partial charge in [0.05, 0.1) is 6.10 Å². The Morgan fingerprint density at radius 1 is 1.41 bits per heavy atom. The van der Waals surface area contributed by atoms with Crippen LogP contribution in [0.25, 0.3) is 0 Å². The molecule has 17 heavy (non-hydrogen) atoms. The molecule has 4 N–H and O–H groups in total. The van der Waals surface area contributed by atoms with Gasteiger partial charge in [-0.25, -0.2) is 0 Å². The number of hydrogen-bond donors (Lipinski definition) is 3. The minimum absolute atomic E-state index is 0.0815. The van der Waals surface area contributed by atoms with Crippen molar-refractivity contribution in [3.63, 3.8) is 0 Å². The summed E-state index contributed by atoms with van der Waals surface area (Å²) in [5, 5.41) is 12.3. The molecular weight excluding hydrogens is 216 g/mol. The second-order valence-corrected chi connectivity index (χ2v) is 5.15. The van der Waals surface area contributed by atoms with Gasteiger partial charge >= 0.3 is 0 Å². The molecule has 0 radical (unpaired) electrons. The van der Waals surface area contributed by atoms with Crippen molar-refractivity contribution >= 4 is 0 Å². The summed E-state index contributed by atoms with van der Waals surface area (Å²) in [5.41, 5.74) is 6.02. The second-order valence-electron chi connectivity index (χ2n) is 5.15. The molecular formula is C13H28N2O2. The molecule has 4 nitrogen and oxygen atoms in total. The van der Waals surface area contributed by atoms with Crippen LogP contribution in [0.4, 0.5) is 0 Å². The first-order valence-electron chi connectivity index (χ1n) is 6.85. The minimum atomic E-state index is 0.0815. The van der Waals surface area contributed by atoms with E-state index in [1.54, 1.807) is 7.11 Å². The molecule has 2 unspecified atom stereocenters. The van der Waals surface area contributed by atoms with Crippen LogP contribution >= 0.6 is 0 Å². The highest BCUT2D eigenvalue weighted by Crippen LogP contribution is 2.29. The first-order chi connectivity index (χ1) is 8.26. The molecule has 102 valence electrons. The average molecular weight is 244 g/mol. The average Bonchev–Trinajstić information content (AvgIpc) is 2.39. The van der Waals surface area contributed by atoms with Gasteiger partial charge in [0.2, 0.25) is 0 Å². The van der Waals surface area contributed by atoms with Crippen molar-refractivity contribution in [2.45, 2.75) is 56.6 Å². The smallest absolute Gasteiger partial charge is 0.0589 e. The molecule has 1 rings (SSSR count). The van der Waals surface area contributed by atoms with Crippen molar-refractivity contribution in [1.29, 1.82) is 0 Å². The largest absolute Gasteiger partial charge is 0.396 e. The third-order valence-electron chi connectivity index (χ3n) is 3.86. The number of hydrogen-bond acceptors (Lipinski definition) is 4. The zero-order valence-corrected chi connectivity index (χ0v) is 11.1. The van der Waals surface area contributed by atoms with Crippen LogP contribution in [0.5, 0.6) is 0 Å². The van der Waals surface area contributed by atoms with E-state index < -0.39 is 0 Å². The molecule has 0 aliphatic heterocycles. The molecule has 0 saturated heterocycles. The maximum Gasteiger partial charge on any atom is 0.0589 e. The van der Waals surface area contributed by atoms with Crippen LogP contribution in [0, 0.1) is 0 Å². The van der Waals surface area contributed by atoms with E-state index in [0.717, 1.165) is 45.1 Å². The number of unbranched alkanes of at least 4 members (excludes halogenated alkanes) is 2. The first-order valence-corrected chi connectivity index (χ1v) is 6.85. The van der Waals surface area contributed by atoms with Gasteiger partial charge in [-0.1, -0.05) is 0 Å². The van der Waals surface area contributed by atoms with E-state index >= 15 is 0 Å². The third kappa shape index (κ3) is 4.92. The van der Waals surface area contributed by atoms with Crippen molar-refractivity contribution in [2.75, 3.05) is 26.8 Å². The first kappa shape index (κ1) is 14.9. The molecule has 1 aliphatic carbocycles. The third-order valence-corrected chi connectivity index (χ3v) is 3.86. The van der Waals surface area contributed by atoms with E-state index in [2.05, 4.69) is 5.32 Å². The minimum Gasteiger partial charge on any atom is -0.396 e. The summed E-state index contributed by atoms with van der Waals surface area (Å²) in [7, 11) is 1.79. The summed E-state index contributed by atoms with van der Waals surface area (Å²) in [6, 6.07) is 0. The highest BCUT2D eigenvalue weighted by Gasteiger charge is 2.34. The molecule has 0 aromatic carbocycles. The van der Waals surface area contributed by atoms with E-state index in [1.807, 2.05) is 0 Å². The number of aliphatic hydroxyl groups excluding tert-OH is 1. The van der Waals surface area contributed by atoms with Crippen molar-refractivity contribution in [3.8, 4) is 0 Å². The summed E-state index contributed by atoms with van der Waals surface area (Å²) in [6.45, 7) is 1.98. The van der Waals surface area contributed by atoms with Gasteiger partial charge in [-0.2, -0.15) is 0 Å². The summed E-state index contributed by atoms with van der Waals surface area (Å²) in [4.78, 5) is 0. The maximum atomic E-state index is 8.72. The predicted octanol–water partition coefficient (Wildman–Crippen LogP) is 1.03. The molecule has 0 heterocycles. The lowest BCUT2D eigenvalue weighted by molar-refractivity contribution is 0.0328. The Morgan fingerprint density at radius 3 is 2.88 bits per heavy atom. The second kappa shape index (κ2) is 8.03. The fraction of sp³-hybridized carbons (Fsp3) is 1.00. The Labute approximate surface area is 105 Å². The van der Waals surface area contributed by atoms with Gasteiger partial charge < -0.3 is 20.9 Å². The van der Waals surface area contributed by atoms with Gasteiger partial charge in [-0.3, -0.25) is 0 Å². The van der Waals surface area contributed by atoms with Crippen LogP contribution in [0.15, 0.2) is 0 Å². The van der Waals surface area contributed by atoms with Crippen molar-refractivity contribution in [2.24, 2.45) is 5.73 Å². The Hall–Kier alpha value is -0.160. The number of nitrogens with one attached hydrogen (secondary N) is 1. The van der Waals surface area contributed by atoms with Crippen LogP contribution in [-0.4, -0.2) is 43.6 Å².